The average Bonchev–Trinajstić information content (AvgIpc) is 2.88. The summed E-state index contributed by atoms with van der Waals surface area (Å²) < 4.78 is 10.8. The van der Waals surface area contributed by atoms with Gasteiger partial charge in [-0.25, -0.2) is 0 Å². The highest BCUT2D eigenvalue weighted by Crippen LogP contribution is 2.17. The van der Waals surface area contributed by atoms with Crippen LogP contribution in [0.4, 0.5) is 0 Å². The van der Waals surface area contributed by atoms with Crippen LogP contribution in [0.3, 0.4) is 0 Å². The molecule has 1 aliphatic heterocycles. The summed E-state index contributed by atoms with van der Waals surface area (Å²) in [5.74, 6) is 0.775. The first-order valence-corrected chi connectivity index (χ1v) is 6.61. The monoisotopic (exact) mass is 263 g/mol. The summed E-state index contributed by atoms with van der Waals surface area (Å²) in [5, 5.41) is 0. The van der Waals surface area contributed by atoms with Gasteiger partial charge in [-0.15, -0.1) is 0 Å². The quantitative estimate of drug-likeness (QED) is 0.833. The molecular weight excluding hydrogens is 242 g/mol. The molecule has 4 heteroatoms. The van der Waals surface area contributed by atoms with Gasteiger partial charge in [0.1, 0.15) is 5.75 Å². The maximum atomic E-state index is 12.0. The van der Waals surface area contributed by atoms with Gasteiger partial charge in [0.15, 0.2) is 6.61 Å². The van der Waals surface area contributed by atoms with Gasteiger partial charge < -0.3 is 14.4 Å². The molecule has 104 valence electrons. The van der Waals surface area contributed by atoms with E-state index in [1.54, 1.807) is 12.0 Å². The number of hydrogen-bond acceptors (Lipinski definition) is 3. The molecule has 1 atom stereocenters. The van der Waals surface area contributed by atoms with Gasteiger partial charge in [-0.3, -0.25) is 4.79 Å². The fourth-order valence-electron chi connectivity index (χ4n) is 2.19. The Hall–Kier alpha value is -1.55. The molecule has 0 aromatic heterocycles. The van der Waals surface area contributed by atoms with E-state index in [9.17, 15) is 4.79 Å². The Morgan fingerprint density at radius 1 is 1.37 bits per heavy atom. The van der Waals surface area contributed by atoms with Crippen molar-refractivity contribution in [3.63, 3.8) is 0 Å². The van der Waals surface area contributed by atoms with E-state index in [2.05, 4.69) is 6.92 Å². The lowest BCUT2D eigenvalue weighted by molar-refractivity contribution is -0.132. The van der Waals surface area contributed by atoms with Crippen molar-refractivity contribution < 1.29 is 14.3 Å². The van der Waals surface area contributed by atoms with Crippen LogP contribution >= 0.6 is 0 Å². The van der Waals surface area contributed by atoms with Crippen LogP contribution < -0.4 is 4.74 Å². The van der Waals surface area contributed by atoms with Crippen LogP contribution in [0.1, 0.15) is 17.5 Å². The second-order valence-corrected chi connectivity index (χ2v) is 5.02. The molecule has 1 saturated heterocycles. The minimum Gasteiger partial charge on any atom is -0.484 e. The molecule has 1 aromatic carbocycles. The van der Waals surface area contributed by atoms with Crippen LogP contribution in [0.5, 0.6) is 5.75 Å². The molecule has 1 aliphatic rings. The maximum absolute atomic E-state index is 12.0. The van der Waals surface area contributed by atoms with Crippen LogP contribution in [0.15, 0.2) is 18.2 Å². The van der Waals surface area contributed by atoms with Gasteiger partial charge in [-0.2, -0.15) is 0 Å². The number of methoxy groups -OCH3 is 1. The smallest absolute Gasteiger partial charge is 0.260 e. The lowest BCUT2D eigenvalue weighted by Gasteiger charge is -2.16. The van der Waals surface area contributed by atoms with Crippen molar-refractivity contribution in [3.05, 3.63) is 29.3 Å². The second kappa shape index (κ2) is 6.06. The Morgan fingerprint density at radius 3 is 2.79 bits per heavy atom. The molecule has 19 heavy (non-hydrogen) atoms. The number of carbonyl (C=O) groups is 1. The number of amides is 1. The van der Waals surface area contributed by atoms with Gasteiger partial charge in [0.25, 0.3) is 5.91 Å². The van der Waals surface area contributed by atoms with E-state index in [0.29, 0.717) is 6.54 Å². The number of nitrogens with zero attached hydrogens (tertiary/aromatic N) is 1. The number of hydrogen-bond donors (Lipinski definition) is 0. The van der Waals surface area contributed by atoms with Crippen LogP contribution in [-0.2, 0) is 9.53 Å². The van der Waals surface area contributed by atoms with Crippen molar-refractivity contribution in [2.24, 2.45) is 0 Å². The predicted octanol–water partition coefficient (Wildman–Crippen LogP) is 1.93. The fourth-order valence-corrected chi connectivity index (χ4v) is 2.19. The number of carbonyl (C=O) groups excluding carboxylic acids is 1. The van der Waals surface area contributed by atoms with Gasteiger partial charge >= 0.3 is 0 Å². The van der Waals surface area contributed by atoms with E-state index in [1.807, 2.05) is 25.1 Å². The molecule has 2 rings (SSSR count). The summed E-state index contributed by atoms with van der Waals surface area (Å²) in [6.07, 6.45) is 1.08. The standard InChI is InChI=1S/C15H21NO3/c1-11-4-5-13(8-12(11)2)19-10-15(17)16-7-6-14(9-16)18-3/h4-5,8,14H,6-7,9-10H2,1-3H3. The zero-order chi connectivity index (χ0) is 13.8. The summed E-state index contributed by atoms with van der Waals surface area (Å²) in [7, 11) is 1.68. The molecule has 0 spiro atoms. The third-order valence-corrected chi connectivity index (χ3v) is 3.67. The highest BCUT2D eigenvalue weighted by molar-refractivity contribution is 5.78. The zero-order valence-corrected chi connectivity index (χ0v) is 11.8. The Morgan fingerprint density at radius 2 is 2.16 bits per heavy atom. The molecule has 0 N–H and O–H groups in total. The lowest BCUT2D eigenvalue weighted by atomic mass is 10.1. The average molecular weight is 263 g/mol. The number of benzene rings is 1. The van der Waals surface area contributed by atoms with E-state index in [0.717, 1.165) is 18.7 Å². The molecule has 0 aliphatic carbocycles. The molecule has 1 unspecified atom stereocenters. The fraction of sp³-hybridized carbons (Fsp3) is 0.533. The summed E-state index contributed by atoms with van der Waals surface area (Å²) in [4.78, 5) is 13.8. The van der Waals surface area contributed by atoms with E-state index < -0.39 is 0 Å². The first-order chi connectivity index (χ1) is 9.10. The Bertz CT molecular complexity index is 459. The van der Waals surface area contributed by atoms with Gasteiger partial charge in [0.05, 0.1) is 6.10 Å². The number of aryl methyl sites for hydroxylation is 2. The molecule has 1 aromatic rings. The molecule has 1 heterocycles. The summed E-state index contributed by atoms with van der Waals surface area (Å²) >= 11 is 0. The van der Waals surface area contributed by atoms with Crippen LogP contribution in [0, 0.1) is 13.8 Å². The van der Waals surface area contributed by atoms with E-state index in [4.69, 9.17) is 9.47 Å². The first-order valence-electron chi connectivity index (χ1n) is 6.61. The van der Waals surface area contributed by atoms with E-state index in [-0.39, 0.29) is 18.6 Å². The van der Waals surface area contributed by atoms with Crippen molar-refractivity contribution in [1.29, 1.82) is 0 Å². The maximum Gasteiger partial charge on any atom is 0.260 e. The minimum atomic E-state index is 0.0257. The molecule has 1 amide bonds. The molecule has 0 radical (unpaired) electrons. The van der Waals surface area contributed by atoms with Crippen molar-refractivity contribution in [3.8, 4) is 5.75 Å². The predicted molar refractivity (Wildman–Crippen MR) is 73.4 cm³/mol. The normalized spacial score (nSPS) is 18.7. The Balaban J connectivity index is 1.85. The number of ether oxygens (including phenoxy) is 2. The van der Waals surface area contributed by atoms with E-state index >= 15 is 0 Å². The second-order valence-electron chi connectivity index (χ2n) is 5.02. The largest absolute Gasteiger partial charge is 0.484 e. The molecule has 0 bridgehead atoms. The van der Waals surface area contributed by atoms with Crippen molar-refractivity contribution >= 4 is 5.91 Å². The summed E-state index contributed by atoms with van der Waals surface area (Å²) in [6.45, 7) is 5.62. The van der Waals surface area contributed by atoms with Crippen molar-refractivity contribution in [2.75, 3.05) is 26.8 Å². The van der Waals surface area contributed by atoms with Crippen molar-refractivity contribution in [1.82, 2.24) is 4.90 Å². The number of rotatable bonds is 4. The summed E-state index contributed by atoms with van der Waals surface area (Å²) in [6, 6.07) is 5.87. The van der Waals surface area contributed by atoms with Gasteiger partial charge in [0.2, 0.25) is 0 Å². The SMILES string of the molecule is COC1CCN(C(=O)COc2ccc(C)c(C)c2)C1. The van der Waals surface area contributed by atoms with Gasteiger partial charge in [-0.05, 0) is 43.5 Å². The lowest BCUT2D eigenvalue weighted by Crippen LogP contribution is -2.33. The third kappa shape index (κ3) is 3.47. The first kappa shape index (κ1) is 13.9. The molecular formula is C15H21NO3. The highest BCUT2D eigenvalue weighted by Gasteiger charge is 2.26. The Labute approximate surface area is 114 Å². The third-order valence-electron chi connectivity index (χ3n) is 3.67. The van der Waals surface area contributed by atoms with Gasteiger partial charge in [-0.1, -0.05) is 6.07 Å². The zero-order valence-electron chi connectivity index (χ0n) is 11.8. The topological polar surface area (TPSA) is 38.8 Å². The molecule has 4 nitrogen and oxygen atoms in total. The Kier molecular flexibility index (Phi) is 4.43. The van der Waals surface area contributed by atoms with E-state index in [1.165, 1.54) is 11.1 Å². The molecule has 0 saturated carbocycles. The van der Waals surface area contributed by atoms with Crippen LogP contribution in [-0.4, -0.2) is 43.7 Å². The van der Waals surface area contributed by atoms with Gasteiger partial charge in [0, 0.05) is 20.2 Å². The van der Waals surface area contributed by atoms with Crippen LogP contribution in [0.25, 0.3) is 0 Å². The number of likely N-dealkylation sites (tertiary alicyclic amines) is 1. The molecule has 1 fully saturated rings. The van der Waals surface area contributed by atoms with Crippen molar-refractivity contribution in [2.45, 2.75) is 26.4 Å². The highest BCUT2D eigenvalue weighted by atomic mass is 16.5. The summed E-state index contributed by atoms with van der Waals surface area (Å²) in [5.41, 5.74) is 2.40. The van der Waals surface area contributed by atoms with Crippen LogP contribution in [0.2, 0.25) is 0 Å². The minimum absolute atomic E-state index is 0.0257.